The van der Waals surface area contributed by atoms with Crippen LogP contribution in [0.15, 0.2) is 64.8 Å². The summed E-state index contributed by atoms with van der Waals surface area (Å²) in [6.45, 7) is 4.06. The summed E-state index contributed by atoms with van der Waals surface area (Å²) in [4.78, 5) is 25.4. The molecule has 0 atom stereocenters. The van der Waals surface area contributed by atoms with Crippen LogP contribution < -0.4 is 19.7 Å². The Morgan fingerprint density at radius 1 is 1.06 bits per heavy atom. The highest BCUT2D eigenvalue weighted by Gasteiger charge is 2.27. The van der Waals surface area contributed by atoms with Crippen LogP contribution in [-0.2, 0) is 11.3 Å². The molecular weight excluding hydrogens is 448 g/mol. The third kappa shape index (κ3) is 5.99. The first-order valence-electron chi connectivity index (χ1n) is 11.4. The van der Waals surface area contributed by atoms with Crippen LogP contribution in [0.25, 0.3) is 0 Å². The van der Waals surface area contributed by atoms with Crippen LogP contribution in [0.2, 0.25) is 0 Å². The number of piperidine rings is 1. The number of nitrogens with zero attached hydrogens (tertiary/aromatic N) is 3. The molecule has 1 aliphatic heterocycles. The number of carbonyl (C=O) groups excluding carboxylic acids is 1. The van der Waals surface area contributed by atoms with Gasteiger partial charge in [0.15, 0.2) is 5.82 Å². The number of carbonyl (C=O) groups is 1. The van der Waals surface area contributed by atoms with Gasteiger partial charge >= 0.3 is 0 Å². The summed E-state index contributed by atoms with van der Waals surface area (Å²) in [5.74, 6) is 2.36. The molecule has 3 aromatic rings. The van der Waals surface area contributed by atoms with Gasteiger partial charge in [0.1, 0.15) is 16.5 Å². The molecule has 1 fully saturated rings. The summed E-state index contributed by atoms with van der Waals surface area (Å²) in [7, 11) is 3.24. The average molecular weight is 479 g/mol. The molecule has 34 heavy (non-hydrogen) atoms. The van der Waals surface area contributed by atoms with Gasteiger partial charge in [-0.15, -0.1) is 0 Å². The van der Waals surface area contributed by atoms with Crippen LogP contribution in [-0.4, -0.2) is 43.2 Å². The standard InChI is InChI=1S/C26H30N4O3S/c1-18-5-4-6-23(13-18)34-26-24(27-9-10-28-26)30-11-7-20(8-12-30)25(31)29-17-19-14-21(32-2)16-22(15-19)33-3/h4-6,9-10,13-16,20H,7-8,11-12,17H2,1-3H3,(H,29,31). The van der Waals surface area contributed by atoms with E-state index < -0.39 is 0 Å². The molecule has 1 saturated heterocycles. The number of rotatable bonds is 8. The summed E-state index contributed by atoms with van der Waals surface area (Å²) in [6.07, 6.45) is 5.02. The van der Waals surface area contributed by atoms with Gasteiger partial charge in [0.05, 0.1) is 14.2 Å². The SMILES string of the molecule is COc1cc(CNC(=O)C2CCN(c3nccnc3Sc3cccc(C)c3)CC2)cc(OC)c1. The number of hydrogen-bond acceptors (Lipinski definition) is 7. The number of methoxy groups -OCH3 is 2. The van der Waals surface area contributed by atoms with Crippen LogP contribution in [0, 0.1) is 12.8 Å². The van der Waals surface area contributed by atoms with E-state index in [1.54, 1.807) is 38.4 Å². The molecule has 0 spiro atoms. The first-order valence-corrected chi connectivity index (χ1v) is 12.2. The summed E-state index contributed by atoms with van der Waals surface area (Å²) in [6, 6.07) is 14.0. The Balaban J connectivity index is 1.34. The number of nitrogens with one attached hydrogen (secondary N) is 1. The Morgan fingerprint density at radius 2 is 1.76 bits per heavy atom. The molecule has 8 heteroatoms. The van der Waals surface area contributed by atoms with E-state index in [1.807, 2.05) is 18.2 Å². The van der Waals surface area contributed by atoms with E-state index in [1.165, 1.54) is 5.56 Å². The number of hydrogen-bond donors (Lipinski definition) is 1. The van der Waals surface area contributed by atoms with E-state index in [0.29, 0.717) is 18.0 Å². The fourth-order valence-electron chi connectivity index (χ4n) is 4.05. The zero-order chi connectivity index (χ0) is 23.9. The summed E-state index contributed by atoms with van der Waals surface area (Å²) in [5.41, 5.74) is 2.16. The molecule has 4 rings (SSSR count). The Bertz CT molecular complexity index is 1110. The predicted octanol–water partition coefficient (Wildman–Crippen LogP) is 4.49. The van der Waals surface area contributed by atoms with Crippen molar-refractivity contribution in [3.8, 4) is 11.5 Å². The minimum Gasteiger partial charge on any atom is -0.497 e. The van der Waals surface area contributed by atoms with Gasteiger partial charge in [-0.25, -0.2) is 9.97 Å². The van der Waals surface area contributed by atoms with Crippen molar-refractivity contribution in [1.82, 2.24) is 15.3 Å². The number of aryl methyl sites for hydroxylation is 1. The molecule has 0 aliphatic carbocycles. The molecule has 0 radical (unpaired) electrons. The van der Waals surface area contributed by atoms with Crippen LogP contribution in [0.4, 0.5) is 5.82 Å². The van der Waals surface area contributed by atoms with Gasteiger partial charge in [-0.05, 0) is 49.6 Å². The molecule has 1 aliphatic rings. The van der Waals surface area contributed by atoms with Crippen molar-refractivity contribution in [1.29, 1.82) is 0 Å². The van der Waals surface area contributed by atoms with Crippen molar-refractivity contribution in [2.75, 3.05) is 32.2 Å². The zero-order valence-corrected chi connectivity index (χ0v) is 20.6. The van der Waals surface area contributed by atoms with Crippen LogP contribution in [0.5, 0.6) is 11.5 Å². The second-order valence-corrected chi connectivity index (χ2v) is 9.37. The molecule has 7 nitrogen and oxygen atoms in total. The monoisotopic (exact) mass is 478 g/mol. The molecule has 0 saturated carbocycles. The number of ether oxygens (including phenoxy) is 2. The van der Waals surface area contributed by atoms with E-state index in [-0.39, 0.29) is 11.8 Å². The number of benzene rings is 2. The van der Waals surface area contributed by atoms with E-state index in [4.69, 9.17) is 9.47 Å². The highest BCUT2D eigenvalue weighted by molar-refractivity contribution is 7.99. The zero-order valence-electron chi connectivity index (χ0n) is 19.8. The van der Waals surface area contributed by atoms with Crippen molar-refractivity contribution in [2.24, 2.45) is 5.92 Å². The second-order valence-electron chi connectivity index (χ2n) is 8.30. The molecule has 1 aromatic heterocycles. The van der Waals surface area contributed by atoms with Crippen LogP contribution in [0.1, 0.15) is 24.0 Å². The number of amides is 1. The lowest BCUT2D eigenvalue weighted by molar-refractivity contribution is -0.125. The quantitative estimate of drug-likeness (QED) is 0.511. The average Bonchev–Trinajstić information content (AvgIpc) is 2.87. The lowest BCUT2D eigenvalue weighted by atomic mass is 9.96. The van der Waals surface area contributed by atoms with Crippen LogP contribution in [0.3, 0.4) is 0 Å². The van der Waals surface area contributed by atoms with Crippen molar-refractivity contribution >= 4 is 23.5 Å². The maximum absolute atomic E-state index is 12.8. The highest BCUT2D eigenvalue weighted by atomic mass is 32.2. The van der Waals surface area contributed by atoms with Gasteiger partial charge in [-0.1, -0.05) is 29.5 Å². The maximum atomic E-state index is 12.8. The molecule has 1 N–H and O–H groups in total. The van der Waals surface area contributed by atoms with Gasteiger partial charge in [-0.3, -0.25) is 4.79 Å². The third-order valence-corrected chi connectivity index (χ3v) is 6.86. The van der Waals surface area contributed by atoms with E-state index in [0.717, 1.165) is 47.2 Å². The topological polar surface area (TPSA) is 76.6 Å². The Morgan fingerprint density at radius 3 is 2.44 bits per heavy atom. The molecule has 1 amide bonds. The van der Waals surface area contributed by atoms with Gasteiger partial charge in [-0.2, -0.15) is 0 Å². The normalized spacial score (nSPS) is 14.0. The largest absolute Gasteiger partial charge is 0.497 e. The minimum absolute atomic E-state index is 0.0201. The number of aromatic nitrogens is 2. The third-order valence-electron chi connectivity index (χ3n) is 5.89. The van der Waals surface area contributed by atoms with E-state index >= 15 is 0 Å². The molecule has 2 aromatic carbocycles. The van der Waals surface area contributed by atoms with E-state index in [9.17, 15) is 4.79 Å². The fourth-order valence-corrected chi connectivity index (χ4v) is 5.05. The lowest BCUT2D eigenvalue weighted by Crippen LogP contribution is -2.41. The van der Waals surface area contributed by atoms with Crippen molar-refractivity contribution in [3.05, 3.63) is 66.0 Å². The Hall–Kier alpha value is -3.26. The molecule has 0 unspecified atom stereocenters. The van der Waals surface area contributed by atoms with Gasteiger partial charge in [0.25, 0.3) is 0 Å². The molecule has 178 valence electrons. The van der Waals surface area contributed by atoms with Gasteiger partial charge < -0.3 is 19.7 Å². The lowest BCUT2D eigenvalue weighted by Gasteiger charge is -2.32. The molecule has 0 bridgehead atoms. The smallest absolute Gasteiger partial charge is 0.223 e. The maximum Gasteiger partial charge on any atom is 0.223 e. The number of anilines is 1. The Labute approximate surface area is 204 Å². The van der Waals surface area contributed by atoms with Crippen molar-refractivity contribution in [3.63, 3.8) is 0 Å². The van der Waals surface area contributed by atoms with Gasteiger partial charge in [0.2, 0.25) is 5.91 Å². The highest BCUT2D eigenvalue weighted by Crippen LogP contribution is 2.34. The summed E-state index contributed by atoms with van der Waals surface area (Å²) in [5, 5.41) is 3.97. The first kappa shape index (κ1) is 23.9. The first-order chi connectivity index (χ1) is 16.6. The fraction of sp³-hybridized carbons (Fsp3) is 0.346. The summed E-state index contributed by atoms with van der Waals surface area (Å²) >= 11 is 1.63. The second kappa shape index (κ2) is 11.2. The summed E-state index contributed by atoms with van der Waals surface area (Å²) < 4.78 is 10.6. The minimum atomic E-state index is -0.0201. The molecular formula is C26H30N4O3S. The van der Waals surface area contributed by atoms with E-state index in [2.05, 4.69) is 51.4 Å². The van der Waals surface area contributed by atoms with Gasteiger partial charge in [0, 0.05) is 48.9 Å². The van der Waals surface area contributed by atoms with Crippen molar-refractivity contribution < 1.29 is 14.3 Å². The van der Waals surface area contributed by atoms with Crippen LogP contribution >= 0.6 is 11.8 Å². The van der Waals surface area contributed by atoms with Crippen molar-refractivity contribution in [2.45, 2.75) is 36.2 Å². The Kier molecular flexibility index (Phi) is 7.90. The predicted molar refractivity (Wildman–Crippen MR) is 134 cm³/mol. The molecule has 2 heterocycles.